The molecule has 0 heterocycles. The molecule has 3 rings (SSSR count). The number of rotatable bonds is 9. The largest absolute Gasteiger partial charge is 0.490 e. The molecule has 0 radical (unpaired) electrons. The monoisotopic (exact) mass is 463 g/mol. The summed E-state index contributed by atoms with van der Waals surface area (Å²) in [5.41, 5.74) is 2.15. The third-order valence-corrected chi connectivity index (χ3v) is 5.08. The number of hydrogen-bond acceptors (Lipinski definition) is 4. The van der Waals surface area contributed by atoms with Crippen LogP contribution in [-0.2, 0) is 13.2 Å². The second-order valence-electron chi connectivity index (χ2n) is 6.59. The Morgan fingerprint density at radius 3 is 2.39 bits per heavy atom. The molecule has 5 nitrogen and oxygen atoms in total. The molecule has 0 aromatic heterocycles. The number of halogens is 3. The summed E-state index contributed by atoms with van der Waals surface area (Å²) in [6.07, 6.45) is 0. The minimum absolute atomic E-state index is 0.0114. The molecule has 0 unspecified atom stereocenters. The van der Waals surface area contributed by atoms with Crippen molar-refractivity contribution in [1.82, 2.24) is 0 Å². The van der Waals surface area contributed by atoms with E-state index >= 15 is 0 Å². The smallest absolute Gasteiger partial charge is 0.337 e. The zero-order valence-corrected chi connectivity index (χ0v) is 18.1. The van der Waals surface area contributed by atoms with E-state index in [0.717, 1.165) is 11.1 Å². The molecule has 3 aromatic carbocycles. The van der Waals surface area contributed by atoms with Crippen molar-refractivity contribution in [2.45, 2.75) is 20.1 Å². The van der Waals surface area contributed by atoms with E-state index in [0.29, 0.717) is 35.4 Å². The zero-order chi connectivity index (χ0) is 22.4. The molecular weight excluding hydrogens is 444 g/mol. The van der Waals surface area contributed by atoms with Gasteiger partial charge in [0.05, 0.1) is 17.2 Å². The number of carbonyl (C=O) groups is 1. The van der Waals surface area contributed by atoms with Crippen LogP contribution in [0.15, 0.2) is 54.6 Å². The first kappa shape index (κ1) is 22.7. The average molecular weight is 464 g/mol. The summed E-state index contributed by atoms with van der Waals surface area (Å²) >= 11 is 12.3. The first-order valence-electron chi connectivity index (χ1n) is 9.46. The summed E-state index contributed by atoms with van der Waals surface area (Å²) in [5.74, 6) is -0.421. The van der Waals surface area contributed by atoms with Crippen LogP contribution in [0.1, 0.15) is 28.4 Å². The van der Waals surface area contributed by atoms with E-state index in [2.05, 4.69) is 5.32 Å². The third-order valence-electron chi connectivity index (χ3n) is 4.40. The number of carboxylic acids is 1. The van der Waals surface area contributed by atoms with Crippen LogP contribution in [0, 0.1) is 5.82 Å². The summed E-state index contributed by atoms with van der Waals surface area (Å²) in [6, 6.07) is 14.1. The van der Waals surface area contributed by atoms with Crippen LogP contribution in [0.4, 0.5) is 10.1 Å². The van der Waals surface area contributed by atoms with Crippen molar-refractivity contribution in [2.75, 3.05) is 11.9 Å². The van der Waals surface area contributed by atoms with Crippen LogP contribution in [0.3, 0.4) is 0 Å². The Bertz CT molecular complexity index is 1070. The van der Waals surface area contributed by atoms with Gasteiger partial charge in [0.2, 0.25) is 0 Å². The minimum atomic E-state index is -1.10. The molecule has 0 spiro atoms. The first-order chi connectivity index (χ1) is 14.9. The van der Waals surface area contributed by atoms with Gasteiger partial charge in [-0.15, -0.1) is 0 Å². The van der Waals surface area contributed by atoms with Gasteiger partial charge in [0.15, 0.2) is 11.5 Å². The topological polar surface area (TPSA) is 67.8 Å². The molecule has 0 aliphatic rings. The van der Waals surface area contributed by atoms with Gasteiger partial charge in [0.1, 0.15) is 12.4 Å². The van der Waals surface area contributed by atoms with Gasteiger partial charge >= 0.3 is 5.97 Å². The fourth-order valence-corrected chi connectivity index (χ4v) is 3.25. The second kappa shape index (κ2) is 10.4. The van der Waals surface area contributed by atoms with Crippen LogP contribution < -0.4 is 14.8 Å². The highest BCUT2D eigenvalue weighted by Crippen LogP contribution is 2.35. The van der Waals surface area contributed by atoms with Crippen molar-refractivity contribution in [3.05, 3.63) is 87.2 Å². The number of ether oxygens (including phenoxy) is 2. The highest BCUT2D eigenvalue weighted by atomic mass is 35.5. The lowest BCUT2D eigenvalue weighted by atomic mass is 10.1. The summed E-state index contributed by atoms with van der Waals surface area (Å²) in [7, 11) is 0. The molecule has 3 aromatic rings. The van der Waals surface area contributed by atoms with E-state index in [-0.39, 0.29) is 23.0 Å². The molecule has 0 bridgehead atoms. The fraction of sp³-hybridized carbons (Fsp3) is 0.174. The molecule has 162 valence electrons. The van der Waals surface area contributed by atoms with Gasteiger partial charge in [0.25, 0.3) is 0 Å². The van der Waals surface area contributed by atoms with Crippen LogP contribution in [0.5, 0.6) is 11.5 Å². The molecule has 0 aliphatic heterocycles. The van der Waals surface area contributed by atoms with Gasteiger partial charge in [0, 0.05) is 23.3 Å². The van der Waals surface area contributed by atoms with Crippen molar-refractivity contribution in [1.29, 1.82) is 0 Å². The summed E-state index contributed by atoms with van der Waals surface area (Å²) in [5, 5.41) is 13.0. The standard InChI is InChI=1S/C23H20Cl2FNO4/c1-2-30-21-9-15(12-27-17-7-8-19(24)18(10-17)23(28)29)20(25)11-22(21)31-13-14-3-5-16(26)6-4-14/h3-11,27H,2,12-13H2,1H3,(H,28,29). The fourth-order valence-electron chi connectivity index (χ4n) is 2.83. The van der Waals surface area contributed by atoms with Crippen molar-refractivity contribution >= 4 is 34.9 Å². The van der Waals surface area contributed by atoms with E-state index < -0.39 is 5.97 Å². The van der Waals surface area contributed by atoms with E-state index in [9.17, 15) is 14.3 Å². The van der Waals surface area contributed by atoms with Gasteiger partial charge < -0.3 is 19.9 Å². The SMILES string of the molecule is CCOc1cc(CNc2ccc(Cl)c(C(=O)O)c2)c(Cl)cc1OCc1ccc(F)cc1. The lowest BCUT2D eigenvalue weighted by Gasteiger charge is -2.16. The average Bonchev–Trinajstić information content (AvgIpc) is 2.74. The maximum Gasteiger partial charge on any atom is 0.337 e. The van der Waals surface area contributed by atoms with E-state index in [1.54, 1.807) is 30.3 Å². The highest BCUT2D eigenvalue weighted by molar-refractivity contribution is 6.33. The summed E-state index contributed by atoms with van der Waals surface area (Å²) in [4.78, 5) is 11.3. The Kier molecular flexibility index (Phi) is 7.60. The minimum Gasteiger partial charge on any atom is -0.490 e. The Balaban J connectivity index is 1.75. The predicted molar refractivity (Wildman–Crippen MR) is 119 cm³/mol. The molecule has 0 atom stereocenters. The Labute approximate surface area is 189 Å². The van der Waals surface area contributed by atoms with Gasteiger partial charge in [-0.25, -0.2) is 9.18 Å². The number of hydrogen-bond donors (Lipinski definition) is 2. The quantitative estimate of drug-likeness (QED) is 0.383. The molecule has 0 aliphatic carbocycles. The number of nitrogens with one attached hydrogen (secondary N) is 1. The molecule has 0 saturated carbocycles. The normalized spacial score (nSPS) is 10.6. The Morgan fingerprint density at radius 1 is 1.00 bits per heavy atom. The zero-order valence-electron chi connectivity index (χ0n) is 16.6. The van der Waals surface area contributed by atoms with Gasteiger partial charge in [-0.05, 0) is 54.4 Å². The second-order valence-corrected chi connectivity index (χ2v) is 7.41. The van der Waals surface area contributed by atoms with Crippen molar-refractivity contribution in [2.24, 2.45) is 0 Å². The summed E-state index contributed by atoms with van der Waals surface area (Å²) in [6.45, 7) is 2.85. The Morgan fingerprint density at radius 2 is 1.71 bits per heavy atom. The van der Waals surface area contributed by atoms with Crippen LogP contribution in [-0.4, -0.2) is 17.7 Å². The molecule has 0 amide bonds. The number of benzene rings is 3. The van der Waals surface area contributed by atoms with Crippen molar-refractivity contribution in [3.63, 3.8) is 0 Å². The van der Waals surface area contributed by atoms with E-state index in [4.69, 9.17) is 32.7 Å². The number of anilines is 1. The third kappa shape index (κ3) is 6.03. The number of carboxylic acid groups (broad SMARTS) is 1. The molecule has 0 fully saturated rings. The van der Waals surface area contributed by atoms with Gasteiger partial charge in [-0.2, -0.15) is 0 Å². The molecule has 31 heavy (non-hydrogen) atoms. The van der Waals surface area contributed by atoms with Crippen molar-refractivity contribution < 1.29 is 23.8 Å². The molecule has 0 saturated heterocycles. The summed E-state index contributed by atoms with van der Waals surface area (Å²) < 4.78 is 24.6. The van der Waals surface area contributed by atoms with Crippen LogP contribution in [0.25, 0.3) is 0 Å². The first-order valence-corrected chi connectivity index (χ1v) is 10.2. The number of aromatic carboxylic acids is 1. The van der Waals surface area contributed by atoms with Crippen molar-refractivity contribution in [3.8, 4) is 11.5 Å². The molecule has 8 heteroatoms. The molecular formula is C23H20Cl2FNO4. The van der Waals surface area contributed by atoms with Gasteiger partial charge in [-0.3, -0.25) is 0 Å². The van der Waals surface area contributed by atoms with Gasteiger partial charge in [-0.1, -0.05) is 35.3 Å². The van der Waals surface area contributed by atoms with Crippen LogP contribution in [0.2, 0.25) is 10.0 Å². The lowest BCUT2D eigenvalue weighted by molar-refractivity contribution is 0.0697. The predicted octanol–water partition coefficient (Wildman–Crippen LogP) is 6.42. The van der Waals surface area contributed by atoms with E-state index in [1.807, 2.05) is 6.92 Å². The van der Waals surface area contributed by atoms with Crippen LogP contribution >= 0.6 is 23.2 Å². The lowest BCUT2D eigenvalue weighted by Crippen LogP contribution is -2.05. The highest BCUT2D eigenvalue weighted by Gasteiger charge is 2.13. The maximum absolute atomic E-state index is 13.1. The maximum atomic E-state index is 13.1. The van der Waals surface area contributed by atoms with E-state index in [1.165, 1.54) is 24.3 Å². The Hall–Kier alpha value is -2.96. The molecule has 2 N–H and O–H groups in total.